The second-order valence-electron chi connectivity index (χ2n) is 6.54. The van der Waals surface area contributed by atoms with Crippen LogP contribution in [0.2, 0.25) is 0 Å². The lowest BCUT2D eigenvalue weighted by molar-refractivity contribution is -0.137. The number of hydrogen-bond acceptors (Lipinski definition) is 3. The highest BCUT2D eigenvalue weighted by Crippen LogP contribution is 2.32. The molecule has 0 saturated carbocycles. The molecule has 2 aromatic carbocycles. The van der Waals surface area contributed by atoms with Gasteiger partial charge in [0.2, 0.25) is 5.91 Å². The molecule has 0 aromatic heterocycles. The van der Waals surface area contributed by atoms with Crippen molar-refractivity contribution in [3.8, 4) is 0 Å². The van der Waals surface area contributed by atoms with Crippen LogP contribution in [0.4, 0.5) is 24.5 Å². The van der Waals surface area contributed by atoms with E-state index in [4.69, 9.17) is 0 Å². The van der Waals surface area contributed by atoms with Crippen molar-refractivity contribution >= 4 is 23.2 Å². The van der Waals surface area contributed by atoms with Gasteiger partial charge in [0.25, 0.3) is 5.91 Å². The van der Waals surface area contributed by atoms with E-state index >= 15 is 0 Å². The van der Waals surface area contributed by atoms with Crippen LogP contribution in [-0.4, -0.2) is 24.4 Å². The average Bonchev–Trinajstić information content (AvgIpc) is 3.19. The molecule has 1 saturated heterocycles. The summed E-state index contributed by atoms with van der Waals surface area (Å²) in [4.78, 5) is 26.2. The van der Waals surface area contributed by atoms with Gasteiger partial charge in [-0.15, -0.1) is 0 Å². The molecule has 1 atom stereocenters. The van der Waals surface area contributed by atoms with Gasteiger partial charge in [0.15, 0.2) is 0 Å². The number of anilines is 2. The highest BCUT2D eigenvalue weighted by molar-refractivity contribution is 6.05. The number of nitrogens with zero attached hydrogens (tertiary/aromatic N) is 1. The largest absolute Gasteiger partial charge is 0.416 e. The molecule has 0 aliphatic carbocycles. The fourth-order valence-electron chi connectivity index (χ4n) is 3.49. The van der Waals surface area contributed by atoms with Gasteiger partial charge in [-0.3, -0.25) is 9.59 Å². The number of benzene rings is 2. The summed E-state index contributed by atoms with van der Waals surface area (Å²) in [6.45, 7) is 0.850. The minimum absolute atomic E-state index is 0.182. The van der Waals surface area contributed by atoms with Crippen molar-refractivity contribution in [3.05, 3.63) is 59.2 Å². The third kappa shape index (κ3) is 3.11. The fourth-order valence-corrected chi connectivity index (χ4v) is 3.49. The molecule has 2 aliphatic heterocycles. The van der Waals surface area contributed by atoms with E-state index in [1.165, 1.54) is 17.0 Å². The van der Waals surface area contributed by atoms with Gasteiger partial charge in [0, 0.05) is 24.5 Å². The van der Waals surface area contributed by atoms with E-state index in [2.05, 4.69) is 10.6 Å². The Morgan fingerprint density at radius 3 is 2.52 bits per heavy atom. The topological polar surface area (TPSA) is 61.4 Å². The van der Waals surface area contributed by atoms with Gasteiger partial charge in [0.05, 0.1) is 11.1 Å². The molecule has 0 bridgehead atoms. The second kappa shape index (κ2) is 6.29. The standard InChI is InChI=1S/C19H16F3N3O2/c20-19(21,22)12-4-6-13(7-5-12)25-9-8-15(18(25)27)24-14-3-1-2-11-10-23-17(26)16(11)14/h1-7,15,24H,8-10H2,(H,23,26). The van der Waals surface area contributed by atoms with Gasteiger partial charge >= 0.3 is 6.18 Å². The van der Waals surface area contributed by atoms with Gasteiger partial charge in [-0.05, 0) is 42.3 Å². The summed E-state index contributed by atoms with van der Waals surface area (Å²) < 4.78 is 38.1. The van der Waals surface area contributed by atoms with Crippen LogP contribution in [0.3, 0.4) is 0 Å². The number of hydrogen-bond donors (Lipinski definition) is 2. The lowest BCUT2D eigenvalue weighted by Gasteiger charge is -2.19. The van der Waals surface area contributed by atoms with Crippen molar-refractivity contribution in [2.45, 2.75) is 25.2 Å². The second-order valence-corrected chi connectivity index (χ2v) is 6.54. The molecule has 2 amide bonds. The van der Waals surface area contributed by atoms with Gasteiger partial charge in [-0.1, -0.05) is 12.1 Å². The predicted molar refractivity (Wildman–Crippen MR) is 93.4 cm³/mol. The average molecular weight is 375 g/mol. The van der Waals surface area contributed by atoms with Crippen molar-refractivity contribution in [1.29, 1.82) is 0 Å². The van der Waals surface area contributed by atoms with Gasteiger partial charge in [0.1, 0.15) is 6.04 Å². The number of halogens is 3. The van der Waals surface area contributed by atoms with Crippen LogP contribution in [-0.2, 0) is 17.5 Å². The predicted octanol–water partition coefficient (Wildman–Crippen LogP) is 3.17. The molecule has 2 N–H and O–H groups in total. The third-order valence-electron chi connectivity index (χ3n) is 4.86. The SMILES string of the molecule is O=C1NCc2cccc(NC3CCN(c4ccc(C(F)(F)F)cc4)C3=O)c21. The van der Waals surface area contributed by atoms with E-state index in [1.807, 2.05) is 12.1 Å². The number of alkyl halides is 3. The van der Waals surface area contributed by atoms with Crippen LogP contribution < -0.4 is 15.5 Å². The Labute approximate surface area is 153 Å². The smallest absolute Gasteiger partial charge is 0.373 e. The number of nitrogens with one attached hydrogen (secondary N) is 2. The number of carbonyl (C=O) groups is 2. The summed E-state index contributed by atoms with van der Waals surface area (Å²) in [6.07, 6.45) is -3.92. The molecule has 140 valence electrons. The quantitative estimate of drug-likeness (QED) is 0.866. The van der Waals surface area contributed by atoms with Crippen molar-refractivity contribution in [3.63, 3.8) is 0 Å². The van der Waals surface area contributed by atoms with Crippen LogP contribution in [0.25, 0.3) is 0 Å². The van der Waals surface area contributed by atoms with Crippen LogP contribution in [0.1, 0.15) is 27.9 Å². The van der Waals surface area contributed by atoms with Crippen LogP contribution in [0.15, 0.2) is 42.5 Å². The lowest BCUT2D eigenvalue weighted by Crippen LogP contribution is -2.33. The van der Waals surface area contributed by atoms with Crippen molar-refractivity contribution in [2.75, 3.05) is 16.8 Å². The monoisotopic (exact) mass is 375 g/mol. The number of rotatable bonds is 3. The molecule has 2 heterocycles. The molecule has 1 unspecified atom stereocenters. The summed E-state index contributed by atoms with van der Waals surface area (Å²) in [5.74, 6) is -0.413. The number of amides is 2. The van der Waals surface area contributed by atoms with Crippen molar-refractivity contribution in [1.82, 2.24) is 5.32 Å². The Morgan fingerprint density at radius 2 is 1.81 bits per heavy atom. The summed E-state index contributed by atoms with van der Waals surface area (Å²) in [5.41, 5.74) is 1.68. The maximum absolute atomic E-state index is 12.7. The van der Waals surface area contributed by atoms with Gasteiger partial charge in [-0.2, -0.15) is 13.2 Å². The molecular formula is C19H16F3N3O2. The Kier molecular flexibility index (Phi) is 4.05. The zero-order chi connectivity index (χ0) is 19.2. The number of fused-ring (bicyclic) bond motifs is 1. The highest BCUT2D eigenvalue weighted by atomic mass is 19.4. The maximum atomic E-state index is 12.7. The first-order chi connectivity index (χ1) is 12.8. The zero-order valence-corrected chi connectivity index (χ0v) is 14.1. The summed E-state index contributed by atoms with van der Waals surface area (Å²) in [6, 6.07) is 9.42. The number of carbonyl (C=O) groups excluding carboxylic acids is 2. The first-order valence-electron chi connectivity index (χ1n) is 8.50. The summed E-state index contributed by atoms with van der Waals surface area (Å²) in [5, 5.41) is 5.87. The molecule has 27 heavy (non-hydrogen) atoms. The van der Waals surface area contributed by atoms with Crippen LogP contribution in [0, 0.1) is 0 Å². The van der Waals surface area contributed by atoms with E-state index in [9.17, 15) is 22.8 Å². The van der Waals surface area contributed by atoms with E-state index < -0.39 is 17.8 Å². The molecule has 4 rings (SSSR count). The van der Waals surface area contributed by atoms with E-state index in [-0.39, 0.29) is 11.8 Å². The fraction of sp³-hybridized carbons (Fsp3) is 0.263. The zero-order valence-electron chi connectivity index (χ0n) is 14.1. The lowest BCUT2D eigenvalue weighted by atomic mass is 10.1. The van der Waals surface area contributed by atoms with Crippen LogP contribution >= 0.6 is 0 Å². The molecule has 0 spiro atoms. The van der Waals surface area contributed by atoms with Gasteiger partial charge in [-0.25, -0.2) is 0 Å². The minimum Gasteiger partial charge on any atom is -0.373 e. The molecule has 8 heteroatoms. The van der Waals surface area contributed by atoms with Crippen molar-refractivity contribution in [2.24, 2.45) is 0 Å². The first kappa shape index (κ1) is 17.4. The maximum Gasteiger partial charge on any atom is 0.416 e. The Balaban J connectivity index is 1.52. The van der Waals surface area contributed by atoms with E-state index in [0.29, 0.717) is 36.4 Å². The van der Waals surface area contributed by atoms with Crippen molar-refractivity contribution < 1.29 is 22.8 Å². The Hall–Kier alpha value is -3.03. The molecule has 2 aliphatic rings. The molecule has 0 radical (unpaired) electrons. The van der Waals surface area contributed by atoms with Crippen LogP contribution in [0.5, 0.6) is 0 Å². The molecule has 1 fully saturated rings. The first-order valence-corrected chi connectivity index (χ1v) is 8.50. The Morgan fingerprint density at radius 1 is 1.07 bits per heavy atom. The minimum atomic E-state index is -4.41. The highest BCUT2D eigenvalue weighted by Gasteiger charge is 2.35. The van der Waals surface area contributed by atoms with E-state index in [0.717, 1.165) is 17.7 Å². The van der Waals surface area contributed by atoms with Gasteiger partial charge < -0.3 is 15.5 Å². The van der Waals surface area contributed by atoms with E-state index in [1.54, 1.807) is 6.07 Å². The molecule has 5 nitrogen and oxygen atoms in total. The molecule has 2 aromatic rings. The third-order valence-corrected chi connectivity index (χ3v) is 4.86. The Bertz CT molecular complexity index is 909. The molecular weight excluding hydrogens is 359 g/mol. The summed E-state index contributed by atoms with van der Waals surface area (Å²) >= 11 is 0. The normalized spacial score (nSPS) is 19.2. The summed E-state index contributed by atoms with van der Waals surface area (Å²) in [7, 11) is 0.